The summed E-state index contributed by atoms with van der Waals surface area (Å²) < 4.78 is 64.2. The molecule has 0 aliphatic carbocycles. The van der Waals surface area contributed by atoms with Gasteiger partial charge in [-0.15, -0.1) is 0 Å². The fourth-order valence-electron chi connectivity index (χ4n) is 2.86. The number of carbonyl (C=O) groups is 1. The van der Waals surface area contributed by atoms with Crippen LogP contribution in [0.1, 0.15) is 0 Å². The Kier molecular flexibility index (Phi) is 6.78. The van der Waals surface area contributed by atoms with Crippen molar-refractivity contribution >= 4 is 16.0 Å². The molecule has 2 aliphatic rings. The van der Waals surface area contributed by atoms with Crippen molar-refractivity contribution in [2.45, 2.75) is 17.2 Å². The summed E-state index contributed by atoms with van der Waals surface area (Å²) in [5.74, 6) is -2.51. The predicted molar refractivity (Wildman–Crippen MR) is 87.4 cm³/mol. The summed E-state index contributed by atoms with van der Waals surface area (Å²) >= 11 is 0. The van der Waals surface area contributed by atoms with E-state index in [0.717, 1.165) is 13.1 Å². The van der Waals surface area contributed by atoms with Gasteiger partial charge in [-0.1, -0.05) is 0 Å². The van der Waals surface area contributed by atoms with Gasteiger partial charge in [0, 0.05) is 44.5 Å². The number of rotatable bonds is 2. The number of pyridine rings is 1. The van der Waals surface area contributed by atoms with Gasteiger partial charge in [0.05, 0.1) is 12.7 Å². The molecule has 12 heteroatoms. The van der Waals surface area contributed by atoms with Crippen molar-refractivity contribution in [2.24, 2.45) is 5.92 Å². The molecule has 0 unspecified atom stereocenters. The Labute approximate surface area is 154 Å². The smallest absolute Gasteiger partial charge is 0.475 e. The van der Waals surface area contributed by atoms with Crippen LogP contribution in [0.4, 0.5) is 13.2 Å². The Morgan fingerprint density at radius 2 is 2.00 bits per heavy atom. The highest BCUT2D eigenvalue weighted by Crippen LogP contribution is 2.27. The molecule has 1 aromatic rings. The second kappa shape index (κ2) is 8.50. The first-order valence-electron chi connectivity index (χ1n) is 8.02. The van der Waals surface area contributed by atoms with Crippen molar-refractivity contribution in [3.8, 4) is 0 Å². The molecule has 0 bridgehead atoms. The lowest BCUT2D eigenvalue weighted by Crippen LogP contribution is -2.32. The zero-order valence-corrected chi connectivity index (χ0v) is 15.3. The molecular formula is C15H20F3N3O5S. The van der Waals surface area contributed by atoms with Gasteiger partial charge in [-0.25, -0.2) is 13.2 Å². The van der Waals surface area contributed by atoms with Gasteiger partial charge in [-0.2, -0.15) is 17.5 Å². The number of aliphatic carboxylic acids is 1. The van der Waals surface area contributed by atoms with Gasteiger partial charge >= 0.3 is 12.1 Å². The topological polar surface area (TPSA) is 100 Å². The molecule has 2 atom stereocenters. The van der Waals surface area contributed by atoms with E-state index in [1.165, 1.54) is 10.5 Å². The van der Waals surface area contributed by atoms with Crippen molar-refractivity contribution in [3.63, 3.8) is 0 Å². The predicted octanol–water partition coefficient (Wildman–Crippen LogP) is 0.666. The Morgan fingerprint density at radius 3 is 2.56 bits per heavy atom. The summed E-state index contributed by atoms with van der Waals surface area (Å²) in [6.07, 6.45) is -2.10. The summed E-state index contributed by atoms with van der Waals surface area (Å²) in [7, 11) is -1.41. The van der Waals surface area contributed by atoms with E-state index in [9.17, 15) is 21.6 Å². The van der Waals surface area contributed by atoms with E-state index in [1.54, 1.807) is 18.3 Å². The third-order valence-electron chi connectivity index (χ3n) is 4.21. The summed E-state index contributed by atoms with van der Waals surface area (Å²) in [4.78, 5) is 15.2. The SMILES string of the molecule is CN1CCO[C@@H]2CN(S(=O)(=O)c3cccnc3)C[C@@H]2C1.O=C(O)C(F)(F)F. The van der Waals surface area contributed by atoms with Crippen LogP contribution in [0.2, 0.25) is 0 Å². The number of likely N-dealkylation sites (N-methyl/N-ethyl adjacent to an activating group) is 1. The van der Waals surface area contributed by atoms with E-state index >= 15 is 0 Å². The fourth-order valence-corrected chi connectivity index (χ4v) is 4.34. The minimum atomic E-state index is -5.08. The van der Waals surface area contributed by atoms with Crippen LogP contribution in [0.3, 0.4) is 0 Å². The molecule has 3 rings (SSSR count). The number of aromatic nitrogens is 1. The van der Waals surface area contributed by atoms with Crippen LogP contribution in [0.15, 0.2) is 29.4 Å². The molecule has 1 N–H and O–H groups in total. The first-order valence-corrected chi connectivity index (χ1v) is 9.46. The van der Waals surface area contributed by atoms with Gasteiger partial charge in [0.25, 0.3) is 0 Å². The maximum absolute atomic E-state index is 12.6. The van der Waals surface area contributed by atoms with Gasteiger partial charge in [0.1, 0.15) is 4.90 Å². The maximum atomic E-state index is 12.6. The number of alkyl halides is 3. The number of hydrogen-bond acceptors (Lipinski definition) is 6. The number of halogens is 3. The van der Waals surface area contributed by atoms with Crippen molar-refractivity contribution in [1.29, 1.82) is 0 Å². The Balaban J connectivity index is 0.000000321. The van der Waals surface area contributed by atoms with E-state index in [4.69, 9.17) is 14.6 Å². The van der Waals surface area contributed by atoms with E-state index < -0.39 is 22.2 Å². The van der Waals surface area contributed by atoms with E-state index in [1.807, 2.05) is 7.05 Å². The highest BCUT2D eigenvalue weighted by molar-refractivity contribution is 7.89. The number of ether oxygens (including phenoxy) is 1. The van der Waals surface area contributed by atoms with E-state index in [2.05, 4.69) is 9.88 Å². The van der Waals surface area contributed by atoms with E-state index in [-0.39, 0.29) is 16.9 Å². The normalized spacial score (nSPS) is 24.4. The molecule has 0 amide bonds. The minimum Gasteiger partial charge on any atom is -0.475 e. The largest absolute Gasteiger partial charge is 0.490 e. The van der Waals surface area contributed by atoms with Crippen LogP contribution in [0, 0.1) is 5.92 Å². The van der Waals surface area contributed by atoms with Crippen LogP contribution in [-0.4, -0.2) is 85.8 Å². The van der Waals surface area contributed by atoms with Gasteiger partial charge in [-0.3, -0.25) is 4.98 Å². The van der Waals surface area contributed by atoms with Crippen LogP contribution < -0.4 is 0 Å². The highest BCUT2D eigenvalue weighted by Gasteiger charge is 2.41. The monoisotopic (exact) mass is 411 g/mol. The van der Waals surface area contributed by atoms with Crippen molar-refractivity contribution in [2.75, 3.05) is 39.8 Å². The molecular weight excluding hydrogens is 391 g/mol. The van der Waals surface area contributed by atoms with Crippen LogP contribution in [-0.2, 0) is 19.6 Å². The third-order valence-corrected chi connectivity index (χ3v) is 6.03. The molecule has 8 nitrogen and oxygen atoms in total. The van der Waals surface area contributed by atoms with Gasteiger partial charge in [0.2, 0.25) is 10.0 Å². The lowest BCUT2D eigenvalue weighted by molar-refractivity contribution is -0.192. The number of hydrogen-bond donors (Lipinski definition) is 1. The number of fused-ring (bicyclic) bond motifs is 1. The van der Waals surface area contributed by atoms with Crippen LogP contribution in [0.25, 0.3) is 0 Å². The molecule has 3 heterocycles. The van der Waals surface area contributed by atoms with Gasteiger partial charge in [0.15, 0.2) is 0 Å². The molecule has 0 saturated carbocycles. The quantitative estimate of drug-likeness (QED) is 0.763. The van der Waals surface area contributed by atoms with Crippen LogP contribution >= 0.6 is 0 Å². The molecule has 152 valence electrons. The lowest BCUT2D eigenvalue weighted by atomic mass is 10.1. The summed E-state index contributed by atoms with van der Waals surface area (Å²) in [6.45, 7) is 3.41. The molecule has 0 spiro atoms. The summed E-state index contributed by atoms with van der Waals surface area (Å²) in [5.41, 5.74) is 0. The zero-order valence-electron chi connectivity index (χ0n) is 14.5. The third kappa shape index (κ3) is 5.61. The van der Waals surface area contributed by atoms with Gasteiger partial charge in [-0.05, 0) is 19.2 Å². The average Bonchev–Trinajstić information content (AvgIpc) is 2.91. The second-order valence-corrected chi connectivity index (χ2v) is 8.18. The molecule has 0 aromatic carbocycles. The molecule has 1 aromatic heterocycles. The molecule has 0 radical (unpaired) electrons. The second-order valence-electron chi connectivity index (χ2n) is 6.25. The van der Waals surface area contributed by atoms with E-state index in [0.29, 0.717) is 19.7 Å². The first kappa shape index (κ1) is 21.5. The fraction of sp³-hybridized carbons (Fsp3) is 0.600. The van der Waals surface area contributed by atoms with Crippen molar-refractivity contribution < 1.29 is 36.2 Å². The summed E-state index contributed by atoms with van der Waals surface area (Å²) in [6, 6.07) is 3.23. The number of sulfonamides is 1. The molecule has 2 saturated heterocycles. The Bertz CT molecular complexity index is 745. The summed E-state index contributed by atoms with van der Waals surface area (Å²) in [5, 5.41) is 7.12. The Hall–Kier alpha value is -1.76. The number of carboxylic acids is 1. The molecule has 2 aliphatic heterocycles. The zero-order chi connectivity index (χ0) is 20.2. The standard InChI is InChI=1S/C13H19N3O3S.C2HF3O2/c1-15-5-6-19-13-10-16(9-11(13)8-15)20(17,18)12-3-2-4-14-7-12;3-2(4,5)1(6)7/h2-4,7,11,13H,5-6,8-10H2,1H3;(H,6,7)/t11-,13+;/m0./s1. The number of carboxylic acid groups (broad SMARTS) is 1. The van der Waals surface area contributed by atoms with Crippen LogP contribution in [0.5, 0.6) is 0 Å². The van der Waals surface area contributed by atoms with Crippen molar-refractivity contribution in [3.05, 3.63) is 24.5 Å². The average molecular weight is 411 g/mol. The number of nitrogens with zero attached hydrogens (tertiary/aromatic N) is 3. The maximum Gasteiger partial charge on any atom is 0.490 e. The molecule has 2 fully saturated rings. The first-order chi connectivity index (χ1) is 12.5. The van der Waals surface area contributed by atoms with Crippen molar-refractivity contribution in [1.82, 2.24) is 14.2 Å². The lowest BCUT2D eigenvalue weighted by Gasteiger charge is -2.19. The molecule has 27 heavy (non-hydrogen) atoms. The Morgan fingerprint density at radius 1 is 1.33 bits per heavy atom. The minimum absolute atomic E-state index is 0.00592. The van der Waals surface area contributed by atoms with Gasteiger partial charge < -0.3 is 14.7 Å². The highest BCUT2D eigenvalue weighted by atomic mass is 32.2.